The van der Waals surface area contributed by atoms with Gasteiger partial charge in [-0.05, 0) is 25.0 Å². The van der Waals surface area contributed by atoms with Crippen molar-refractivity contribution in [3.05, 3.63) is 39.7 Å². The number of hydrogen-bond acceptors (Lipinski definition) is 5. The minimum atomic E-state index is -1.22. The summed E-state index contributed by atoms with van der Waals surface area (Å²) in [6.45, 7) is 0. The molecule has 7 nitrogen and oxygen atoms in total. The molecule has 0 spiro atoms. The van der Waals surface area contributed by atoms with Crippen LogP contribution in [0.3, 0.4) is 0 Å². The molecule has 1 aliphatic rings. The number of methoxy groups -OCH3 is 1. The Kier molecular flexibility index (Phi) is 4.92. The molecule has 0 radical (unpaired) electrons. The minimum Gasteiger partial charge on any atom is -0.467 e. The molecule has 0 aromatic heterocycles. The number of nitro benzene ring substituents is 1. The summed E-state index contributed by atoms with van der Waals surface area (Å²) >= 11 is 0. The summed E-state index contributed by atoms with van der Waals surface area (Å²) in [4.78, 5) is 34.8. The van der Waals surface area contributed by atoms with Gasteiger partial charge in [-0.15, -0.1) is 0 Å². The molecule has 23 heavy (non-hydrogen) atoms. The quantitative estimate of drug-likeness (QED) is 0.521. The zero-order valence-corrected chi connectivity index (χ0v) is 12.6. The summed E-state index contributed by atoms with van der Waals surface area (Å²) in [6.07, 6.45) is 3.14. The second-order valence-corrected chi connectivity index (χ2v) is 5.51. The van der Waals surface area contributed by atoms with Gasteiger partial charge in [0.25, 0.3) is 11.6 Å². The predicted octanol–water partition coefficient (Wildman–Crippen LogP) is 2.34. The highest BCUT2D eigenvalue weighted by atomic mass is 19.1. The van der Waals surface area contributed by atoms with Crippen LogP contribution >= 0.6 is 0 Å². The summed E-state index contributed by atoms with van der Waals surface area (Å²) in [5.74, 6) is -2.22. The molecule has 0 unspecified atom stereocenters. The Morgan fingerprint density at radius 2 is 1.96 bits per heavy atom. The Bertz CT molecular complexity index is 641. The van der Waals surface area contributed by atoms with E-state index in [4.69, 9.17) is 4.74 Å². The molecule has 0 saturated heterocycles. The van der Waals surface area contributed by atoms with Gasteiger partial charge in [0.15, 0.2) is 0 Å². The normalized spacial score (nSPS) is 16.4. The van der Waals surface area contributed by atoms with E-state index in [1.54, 1.807) is 0 Å². The Labute approximate surface area is 132 Å². The summed E-state index contributed by atoms with van der Waals surface area (Å²) in [5, 5.41) is 13.5. The van der Waals surface area contributed by atoms with Crippen molar-refractivity contribution in [3.8, 4) is 0 Å². The molecule has 2 rings (SSSR count). The number of halogens is 1. The summed E-state index contributed by atoms with van der Waals surface area (Å²) in [7, 11) is 1.22. The van der Waals surface area contributed by atoms with Crippen molar-refractivity contribution >= 4 is 17.6 Å². The number of benzene rings is 1. The van der Waals surface area contributed by atoms with Gasteiger partial charge in [0.2, 0.25) is 0 Å². The van der Waals surface area contributed by atoms with Crippen molar-refractivity contribution in [2.75, 3.05) is 7.11 Å². The highest BCUT2D eigenvalue weighted by Gasteiger charge is 2.42. The van der Waals surface area contributed by atoms with Crippen LogP contribution in [0.5, 0.6) is 0 Å². The number of rotatable bonds is 4. The second kappa shape index (κ2) is 6.72. The molecule has 1 fully saturated rings. The topological polar surface area (TPSA) is 98.5 Å². The van der Waals surface area contributed by atoms with E-state index in [1.165, 1.54) is 7.11 Å². The first-order valence-electron chi connectivity index (χ1n) is 7.24. The van der Waals surface area contributed by atoms with Crippen LogP contribution in [0.2, 0.25) is 0 Å². The van der Waals surface area contributed by atoms with Gasteiger partial charge in [0.05, 0.1) is 12.0 Å². The number of carbonyl (C=O) groups excluding carboxylic acids is 2. The van der Waals surface area contributed by atoms with Crippen LogP contribution in [0.15, 0.2) is 18.2 Å². The minimum absolute atomic E-state index is 0.383. The van der Waals surface area contributed by atoms with E-state index >= 15 is 0 Å². The molecule has 1 N–H and O–H groups in total. The van der Waals surface area contributed by atoms with Gasteiger partial charge in [-0.3, -0.25) is 14.9 Å². The average molecular weight is 324 g/mol. The fourth-order valence-electron chi connectivity index (χ4n) is 2.86. The first-order chi connectivity index (χ1) is 10.9. The maximum atomic E-state index is 13.4. The smallest absolute Gasteiger partial charge is 0.331 e. The first kappa shape index (κ1) is 16.9. The number of amides is 1. The third-order valence-corrected chi connectivity index (χ3v) is 4.04. The number of ether oxygens (including phenoxy) is 1. The molecule has 1 saturated carbocycles. The number of nitrogens with one attached hydrogen (secondary N) is 1. The maximum Gasteiger partial charge on any atom is 0.331 e. The summed E-state index contributed by atoms with van der Waals surface area (Å²) in [5.41, 5.74) is -2.15. The van der Waals surface area contributed by atoms with Gasteiger partial charge in [-0.2, -0.15) is 0 Å². The van der Waals surface area contributed by atoms with E-state index in [2.05, 4.69) is 5.32 Å². The van der Waals surface area contributed by atoms with Crippen molar-refractivity contribution < 1.29 is 23.6 Å². The van der Waals surface area contributed by atoms with Crippen molar-refractivity contribution in [2.45, 2.75) is 37.6 Å². The fourth-order valence-corrected chi connectivity index (χ4v) is 2.86. The van der Waals surface area contributed by atoms with Crippen molar-refractivity contribution in [2.24, 2.45) is 0 Å². The van der Waals surface area contributed by atoms with E-state index in [-0.39, 0.29) is 0 Å². The average Bonchev–Trinajstić information content (AvgIpc) is 2.54. The van der Waals surface area contributed by atoms with Crippen LogP contribution in [-0.2, 0) is 9.53 Å². The molecule has 0 atom stereocenters. The molecule has 1 aromatic rings. The highest BCUT2D eigenvalue weighted by Crippen LogP contribution is 2.30. The third kappa shape index (κ3) is 3.46. The predicted molar refractivity (Wildman–Crippen MR) is 78.4 cm³/mol. The van der Waals surface area contributed by atoms with E-state index in [9.17, 15) is 24.1 Å². The monoisotopic (exact) mass is 324 g/mol. The number of nitrogens with zero attached hydrogens (tertiary/aromatic N) is 1. The van der Waals surface area contributed by atoms with Crippen LogP contribution in [0.1, 0.15) is 42.5 Å². The third-order valence-electron chi connectivity index (χ3n) is 4.04. The number of esters is 1. The largest absolute Gasteiger partial charge is 0.467 e. The summed E-state index contributed by atoms with van der Waals surface area (Å²) in [6, 6.07) is 2.63. The van der Waals surface area contributed by atoms with E-state index in [0.29, 0.717) is 12.8 Å². The Hall–Kier alpha value is -2.51. The van der Waals surface area contributed by atoms with Gasteiger partial charge < -0.3 is 10.1 Å². The van der Waals surface area contributed by atoms with E-state index < -0.39 is 39.4 Å². The highest BCUT2D eigenvalue weighted by molar-refractivity contribution is 6.01. The second-order valence-electron chi connectivity index (χ2n) is 5.51. The molecule has 1 amide bonds. The molecule has 0 aliphatic heterocycles. The Balaban J connectivity index is 2.34. The molecule has 0 bridgehead atoms. The van der Waals surface area contributed by atoms with Gasteiger partial charge >= 0.3 is 5.97 Å². The summed E-state index contributed by atoms with van der Waals surface area (Å²) < 4.78 is 18.1. The van der Waals surface area contributed by atoms with Crippen molar-refractivity contribution in [3.63, 3.8) is 0 Å². The van der Waals surface area contributed by atoms with Crippen LogP contribution < -0.4 is 5.32 Å². The van der Waals surface area contributed by atoms with Gasteiger partial charge in [-0.1, -0.05) is 19.3 Å². The van der Waals surface area contributed by atoms with Gasteiger partial charge in [-0.25, -0.2) is 9.18 Å². The lowest BCUT2D eigenvalue weighted by atomic mass is 9.81. The number of hydrogen-bond donors (Lipinski definition) is 1. The molecule has 1 aromatic carbocycles. The van der Waals surface area contributed by atoms with Crippen LogP contribution in [0.4, 0.5) is 10.1 Å². The van der Waals surface area contributed by atoms with Gasteiger partial charge in [0.1, 0.15) is 16.9 Å². The van der Waals surface area contributed by atoms with Crippen LogP contribution in [0.25, 0.3) is 0 Å². The zero-order valence-electron chi connectivity index (χ0n) is 12.6. The maximum absolute atomic E-state index is 13.4. The molecule has 1 aliphatic carbocycles. The lowest BCUT2D eigenvalue weighted by Crippen LogP contribution is -2.56. The number of nitro groups is 1. The molecule has 8 heteroatoms. The Morgan fingerprint density at radius 1 is 1.30 bits per heavy atom. The van der Waals surface area contributed by atoms with E-state index in [1.807, 2.05) is 0 Å². The fraction of sp³-hybridized carbons (Fsp3) is 0.467. The zero-order chi connectivity index (χ0) is 17.0. The number of carbonyl (C=O) groups is 2. The van der Waals surface area contributed by atoms with Crippen LogP contribution in [0, 0.1) is 15.9 Å². The van der Waals surface area contributed by atoms with Crippen LogP contribution in [-0.4, -0.2) is 29.4 Å². The van der Waals surface area contributed by atoms with Gasteiger partial charge in [0, 0.05) is 6.07 Å². The lowest BCUT2D eigenvalue weighted by molar-refractivity contribution is -0.385. The van der Waals surface area contributed by atoms with Crippen molar-refractivity contribution in [1.29, 1.82) is 0 Å². The lowest BCUT2D eigenvalue weighted by Gasteiger charge is -2.35. The Morgan fingerprint density at radius 3 is 2.52 bits per heavy atom. The SMILES string of the molecule is COC(=O)C1(NC(=O)c2cc(F)ccc2[N+](=O)[O-])CCCCC1. The molecule has 124 valence electrons. The molecular formula is C15H17FN2O5. The molecule has 0 heterocycles. The van der Waals surface area contributed by atoms with Crippen molar-refractivity contribution in [1.82, 2.24) is 5.32 Å². The van der Waals surface area contributed by atoms with E-state index in [0.717, 1.165) is 37.5 Å². The standard InChI is InChI=1S/C15H17FN2O5/c1-23-14(20)15(7-3-2-4-8-15)17-13(19)11-9-10(16)5-6-12(11)18(21)22/h5-6,9H,2-4,7-8H2,1H3,(H,17,19). The first-order valence-corrected chi connectivity index (χ1v) is 7.24. The molecular weight excluding hydrogens is 307 g/mol.